The van der Waals surface area contributed by atoms with Crippen molar-refractivity contribution in [1.82, 2.24) is 0 Å². The molecule has 0 saturated heterocycles. The molecule has 3 atom stereocenters. The van der Waals surface area contributed by atoms with Gasteiger partial charge in [-0.15, -0.1) is 0 Å². The normalized spacial score (nSPS) is 25.2. The van der Waals surface area contributed by atoms with Gasteiger partial charge in [0.2, 0.25) is 0 Å². The first-order chi connectivity index (χ1) is 14.3. The van der Waals surface area contributed by atoms with Gasteiger partial charge in [-0.25, -0.2) is 0 Å². The maximum absolute atomic E-state index is 13.7. The van der Waals surface area contributed by atoms with Crippen LogP contribution in [0, 0.1) is 0 Å². The van der Waals surface area contributed by atoms with E-state index in [0.29, 0.717) is 17.7 Å². The minimum atomic E-state index is -0.982. The van der Waals surface area contributed by atoms with Crippen molar-refractivity contribution in [2.75, 3.05) is 0 Å². The molecule has 3 nitrogen and oxygen atoms in total. The largest absolute Gasteiger partial charge is 0.425 e. The van der Waals surface area contributed by atoms with E-state index >= 15 is 0 Å². The predicted molar refractivity (Wildman–Crippen MR) is 111 cm³/mol. The molecule has 5 rings (SSSR count). The summed E-state index contributed by atoms with van der Waals surface area (Å²) in [6.07, 6.45) is 3.49. The Morgan fingerprint density at radius 2 is 1.45 bits per heavy atom. The smallest absolute Gasteiger partial charge is 0.323 e. The van der Waals surface area contributed by atoms with Gasteiger partial charge in [-0.1, -0.05) is 84.9 Å². The Bertz CT molecular complexity index is 1100. The summed E-state index contributed by atoms with van der Waals surface area (Å²) in [6.45, 7) is 0. The molecule has 0 radical (unpaired) electrons. The number of hydrogen-bond acceptors (Lipinski definition) is 3. The van der Waals surface area contributed by atoms with E-state index in [1.54, 1.807) is 0 Å². The van der Waals surface area contributed by atoms with Crippen LogP contribution in [0.2, 0.25) is 0 Å². The van der Waals surface area contributed by atoms with Crippen LogP contribution in [0.15, 0.2) is 96.6 Å². The van der Waals surface area contributed by atoms with Gasteiger partial charge in [0.1, 0.15) is 17.5 Å². The number of allylic oxidation sites excluding steroid dienone is 2. The summed E-state index contributed by atoms with van der Waals surface area (Å²) in [7, 11) is 0. The Morgan fingerprint density at radius 1 is 0.828 bits per heavy atom. The van der Waals surface area contributed by atoms with Crippen LogP contribution < -0.4 is 4.74 Å². The first kappa shape index (κ1) is 17.6. The fourth-order valence-corrected chi connectivity index (χ4v) is 5.12. The lowest BCUT2D eigenvalue weighted by Gasteiger charge is -2.44. The van der Waals surface area contributed by atoms with Crippen molar-refractivity contribution in [2.45, 2.75) is 23.7 Å². The number of rotatable bonds is 3. The van der Waals surface area contributed by atoms with Gasteiger partial charge in [0.15, 0.2) is 0 Å². The molecule has 0 bridgehead atoms. The average Bonchev–Trinajstić information content (AvgIpc) is 3.07. The zero-order valence-electron chi connectivity index (χ0n) is 15.8. The fraction of sp³-hybridized carbons (Fsp3) is 0.154. The van der Waals surface area contributed by atoms with Crippen molar-refractivity contribution >= 4 is 12.3 Å². The molecule has 3 aromatic carbocycles. The molecule has 3 aromatic rings. The minimum Gasteiger partial charge on any atom is -0.425 e. The molecule has 1 aliphatic heterocycles. The zero-order chi connectivity index (χ0) is 19.8. The first-order valence-electron chi connectivity index (χ1n) is 9.83. The molecule has 1 aliphatic carbocycles. The van der Waals surface area contributed by atoms with Gasteiger partial charge in [0.25, 0.3) is 0 Å². The number of carbonyl (C=O) groups excluding carboxylic acids is 2. The van der Waals surface area contributed by atoms with Crippen LogP contribution in [0.25, 0.3) is 0 Å². The Balaban J connectivity index is 1.85. The highest BCUT2D eigenvalue weighted by atomic mass is 16.5. The lowest BCUT2D eigenvalue weighted by Crippen LogP contribution is -2.48. The van der Waals surface area contributed by atoms with Crippen molar-refractivity contribution in [1.29, 1.82) is 0 Å². The van der Waals surface area contributed by atoms with E-state index in [0.717, 1.165) is 23.0 Å². The van der Waals surface area contributed by atoms with Gasteiger partial charge in [0, 0.05) is 17.4 Å². The van der Waals surface area contributed by atoms with E-state index in [2.05, 4.69) is 12.1 Å². The highest BCUT2D eigenvalue weighted by Crippen LogP contribution is 2.60. The Hall–Kier alpha value is -3.46. The zero-order valence-corrected chi connectivity index (χ0v) is 15.8. The molecule has 0 N–H and O–H groups in total. The number of aldehydes is 1. The van der Waals surface area contributed by atoms with Gasteiger partial charge in [-0.3, -0.25) is 9.59 Å². The third-order valence-corrected chi connectivity index (χ3v) is 6.27. The molecule has 1 heterocycles. The number of para-hydroxylation sites is 1. The molecule has 0 fully saturated rings. The summed E-state index contributed by atoms with van der Waals surface area (Å²) < 4.78 is 5.81. The van der Waals surface area contributed by atoms with Crippen LogP contribution in [0.3, 0.4) is 0 Å². The molecule has 142 valence electrons. The topological polar surface area (TPSA) is 43.4 Å². The molecule has 0 saturated carbocycles. The fourth-order valence-electron chi connectivity index (χ4n) is 5.12. The van der Waals surface area contributed by atoms with Gasteiger partial charge in [0.05, 0.1) is 0 Å². The number of ether oxygens (including phenoxy) is 1. The van der Waals surface area contributed by atoms with Gasteiger partial charge in [-0.05, 0) is 29.2 Å². The highest BCUT2D eigenvalue weighted by Gasteiger charge is 2.61. The SMILES string of the molecule is O=CC1=CC[C@@H](c2ccccc2)[C@@]2(C(=O)Oc3ccccc32)[C@@H]1c1ccccc1. The van der Waals surface area contributed by atoms with Crippen molar-refractivity contribution in [3.05, 3.63) is 113 Å². The number of esters is 1. The van der Waals surface area contributed by atoms with Crippen LogP contribution >= 0.6 is 0 Å². The maximum Gasteiger partial charge on any atom is 0.323 e. The van der Waals surface area contributed by atoms with Gasteiger partial charge in [-0.2, -0.15) is 0 Å². The van der Waals surface area contributed by atoms with E-state index in [-0.39, 0.29) is 11.9 Å². The van der Waals surface area contributed by atoms with Gasteiger partial charge >= 0.3 is 5.97 Å². The molecule has 29 heavy (non-hydrogen) atoms. The van der Waals surface area contributed by atoms with Crippen molar-refractivity contribution in [2.24, 2.45) is 0 Å². The summed E-state index contributed by atoms with van der Waals surface area (Å²) in [5.74, 6) is -0.231. The second kappa shape index (κ2) is 6.85. The monoisotopic (exact) mass is 380 g/mol. The second-order valence-corrected chi connectivity index (χ2v) is 7.62. The Labute approximate surface area is 169 Å². The number of carbonyl (C=O) groups is 2. The highest BCUT2D eigenvalue weighted by molar-refractivity contribution is 5.96. The van der Waals surface area contributed by atoms with E-state index < -0.39 is 11.3 Å². The third kappa shape index (κ3) is 2.51. The summed E-state index contributed by atoms with van der Waals surface area (Å²) in [4.78, 5) is 25.8. The second-order valence-electron chi connectivity index (χ2n) is 7.62. The van der Waals surface area contributed by atoms with Crippen LogP contribution in [0.1, 0.15) is 34.9 Å². The lowest BCUT2D eigenvalue weighted by molar-refractivity contribution is -0.140. The van der Waals surface area contributed by atoms with E-state index in [4.69, 9.17) is 4.74 Å². The predicted octanol–water partition coefficient (Wildman–Crippen LogP) is 4.94. The lowest BCUT2D eigenvalue weighted by atomic mass is 9.54. The molecule has 2 aliphatic rings. The quantitative estimate of drug-likeness (QED) is 0.367. The molecule has 3 heteroatoms. The summed E-state index contributed by atoms with van der Waals surface area (Å²) in [5.41, 5.74) is 2.53. The minimum absolute atomic E-state index is 0.131. The number of hydrogen-bond donors (Lipinski definition) is 0. The van der Waals surface area contributed by atoms with Crippen molar-refractivity contribution < 1.29 is 14.3 Å². The van der Waals surface area contributed by atoms with E-state index in [1.807, 2.05) is 78.9 Å². The maximum atomic E-state index is 13.7. The number of benzene rings is 3. The van der Waals surface area contributed by atoms with Crippen molar-refractivity contribution in [3.8, 4) is 5.75 Å². The van der Waals surface area contributed by atoms with Crippen LogP contribution in [-0.2, 0) is 15.0 Å². The standard InChI is InChI=1S/C26H20O3/c27-17-20-15-16-21(18-9-3-1-4-10-18)26(24(20)19-11-5-2-6-12-19)22-13-7-8-14-23(22)29-25(26)28/h1-15,17,21,24H,16H2/t21-,24+,26-/m0/s1. The van der Waals surface area contributed by atoms with Crippen LogP contribution in [0.5, 0.6) is 5.75 Å². The molecule has 0 aromatic heterocycles. The number of fused-ring (bicyclic) bond motifs is 2. The summed E-state index contributed by atoms with van der Waals surface area (Å²) in [6, 6.07) is 27.5. The molecular formula is C26H20O3. The van der Waals surface area contributed by atoms with Crippen LogP contribution in [-0.4, -0.2) is 12.3 Å². The van der Waals surface area contributed by atoms with Crippen molar-refractivity contribution in [3.63, 3.8) is 0 Å². The molecule has 0 amide bonds. The first-order valence-corrected chi connectivity index (χ1v) is 9.83. The Kier molecular flexibility index (Phi) is 4.17. The third-order valence-electron chi connectivity index (χ3n) is 6.27. The molecule has 0 unspecified atom stereocenters. The average molecular weight is 380 g/mol. The Morgan fingerprint density at radius 3 is 2.14 bits per heavy atom. The van der Waals surface area contributed by atoms with E-state index in [1.165, 1.54) is 0 Å². The van der Waals surface area contributed by atoms with Gasteiger partial charge < -0.3 is 4.74 Å². The van der Waals surface area contributed by atoms with Crippen LogP contribution in [0.4, 0.5) is 0 Å². The molecular weight excluding hydrogens is 360 g/mol. The van der Waals surface area contributed by atoms with E-state index in [9.17, 15) is 9.59 Å². The summed E-state index contributed by atoms with van der Waals surface area (Å²) >= 11 is 0. The summed E-state index contributed by atoms with van der Waals surface area (Å²) in [5, 5.41) is 0. The molecule has 1 spiro atoms.